The molecule has 0 bridgehead atoms. The van der Waals surface area contributed by atoms with Gasteiger partial charge in [0, 0.05) is 0 Å². The fourth-order valence-electron chi connectivity index (χ4n) is 4.70. The monoisotopic (exact) mass is 491 g/mol. The lowest BCUT2D eigenvalue weighted by atomic mass is 9.70. The van der Waals surface area contributed by atoms with Crippen LogP contribution >= 0.6 is 0 Å². The van der Waals surface area contributed by atoms with Crippen LogP contribution in [-0.4, -0.2) is 53.8 Å². The number of nitrogens with one attached hydrogen (secondary N) is 1. The first-order valence-corrected chi connectivity index (χ1v) is 11.1. The zero-order chi connectivity index (χ0) is 21.7. The molecule has 0 aromatic heterocycles. The Balaban J connectivity index is 0.00000341. The molecule has 1 aromatic rings. The average Bonchev–Trinajstić information content (AvgIpc) is 2.75. The third kappa shape index (κ3) is 5.09. The van der Waals surface area contributed by atoms with Gasteiger partial charge in [-0.15, -0.1) is 6.58 Å². The highest BCUT2D eigenvalue weighted by atomic mass is 79.9. The highest BCUT2D eigenvalue weighted by Gasteiger charge is 2.58. The van der Waals surface area contributed by atoms with Crippen LogP contribution in [0.4, 0.5) is 4.79 Å². The van der Waals surface area contributed by atoms with E-state index < -0.39 is 17.4 Å². The van der Waals surface area contributed by atoms with Gasteiger partial charge in [0.25, 0.3) is 0 Å². The zero-order valence-electron chi connectivity index (χ0n) is 18.6. The number of benzene rings is 1. The molecule has 0 spiro atoms. The van der Waals surface area contributed by atoms with Crippen molar-refractivity contribution in [2.75, 3.05) is 26.2 Å². The third-order valence-corrected chi connectivity index (χ3v) is 6.60. The van der Waals surface area contributed by atoms with E-state index in [0.29, 0.717) is 6.54 Å². The van der Waals surface area contributed by atoms with Gasteiger partial charge in [0.2, 0.25) is 11.8 Å². The van der Waals surface area contributed by atoms with Crippen molar-refractivity contribution in [2.24, 2.45) is 11.3 Å². The van der Waals surface area contributed by atoms with Gasteiger partial charge in [-0.2, -0.15) is 0 Å². The smallest absolute Gasteiger partial charge is 0.333 e. The number of nitrogens with zero attached hydrogens (tertiary/aromatic N) is 2. The molecule has 1 N–H and O–H groups in total. The standard InChI is InChI=1S/C24H33N3O3.BrH/c1-4-13-24(19(2)3)21(28)26(17-16-25-14-9-6-10-15-25)23(30)27(22(24)29)18-20-11-7-5-8-12-20;/h4-5,7-8,11-12,19H,1,6,9-10,13-18H2,2-3H3;1H. The lowest BCUT2D eigenvalue weighted by Gasteiger charge is -2.46. The van der Waals surface area contributed by atoms with Gasteiger partial charge < -0.3 is 21.9 Å². The van der Waals surface area contributed by atoms with Crippen LogP contribution in [0.1, 0.15) is 45.1 Å². The molecule has 0 aliphatic carbocycles. The number of quaternary nitrogens is 1. The molecule has 170 valence electrons. The first-order chi connectivity index (χ1) is 14.4. The second-order valence-electron chi connectivity index (χ2n) is 8.80. The maximum Gasteiger partial charge on any atom is 0.333 e. The molecule has 0 radical (unpaired) electrons. The molecule has 6 nitrogen and oxygen atoms in total. The predicted molar refractivity (Wildman–Crippen MR) is 116 cm³/mol. The summed E-state index contributed by atoms with van der Waals surface area (Å²) in [6.45, 7) is 10.9. The topological polar surface area (TPSA) is 62.1 Å². The zero-order valence-corrected chi connectivity index (χ0v) is 20.2. The van der Waals surface area contributed by atoms with E-state index in [4.69, 9.17) is 0 Å². The molecule has 31 heavy (non-hydrogen) atoms. The number of carbonyl (C=O) groups is 3. The number of imide groups is 2. The molecule has 1 atom stereocenters. The fourth-order valence-corrected chi connectivity index (χ4v) is 4.70. The molecule has 2 aliphatic heterocycles. The van der Waals surface area contributed by atoms with E-state index in [2.05, 4.69) is 6.58 Å². The second-order valence-corrected chi connectivity index (χ2v) is 8.80. The molecule has 2 heterocycles. The van der Waals surface area contributed by atoms with Crippen LogP contribution in [0.25, 0.3) is 0 Å². The molecule has 2 fully saturated rings. The first-order valence-electron chi connectivity index (χ1n) is 11.1. The maximum atomic E-state index is 13.6. The average molecular weight is 492 g/mol. The summed E-state index contributed by atoms with van der Waals surface area (Å²) in [6, 6.07) is 8.96. The van der Waals surface area contributed by atoms with Crippen LogP contribution < -0.4 is 21.9 Å². The molecule has 0 saturated carbocycles. The Hall–Kier alpha value is -1.99. The van der Waals surface area contributed by atoms with Crippen molar-refractivity contribution in [1.29, 1.82) is 0 Å². The fraction of sp³-hybridized carbons (Fsp3) is 0.542. The van der Waals surface area contributed by atoms with Crippen molar-refractivity contribution in [3.63, 3.8) is 0 Å². The van der Waals surface area contributed by atoms with E-state index in [1.54, 1.807) is 6.08 Å². The van der Waals surface area contributed by atoms with Gasteiger partial charge in [0.15, 0.2) is 0 Å². The number of carbonyl (C=O) groups excluding carboxylic acids is 3. The summed E-state index contributed by atoms with van der Waals surface area (Å²) in [5.74, 6) is -1.02. The second kappa shape index (κ2) is 11.0. The molecular weight excluding hydrogens is 458 g/mol. The summed E-state index contributed by atoms with van der Waals surface area (Å²) in [5.41, 5.74) is -0.409. The van der Waals surface area contributed by atoms with Gasteiger partial charge in [0.05, 0.1) is 32.7 Å². The van der Waals surface area contributed by atoms with Crippen molar-refractivity contribution in [3.05, 3.63) is 48.6 Å². The number of amides is 4. The molecule has 3 rings (SSSR count). The van der Waals surface area contributed by atoms with Crippen LogP contribution in [0, 0.1) is 11.3 Å². The molecule has 4 amide bonds. The number of hydrogen-bond donors (Lipinski definition) is 1. The minimum Gasteiger partial charge on any atom is -1.00 e. The van der Waals surface area contributed by atoms with E-state index in [-0.39, 0.29) is 41.8 Å². The Kier molecular flexibility index (Phi) is 9.01. The Bertz CT molecular complexity index is 793. The number of rotatable bonds is 8. The Morgan fingerprint density at radius 1 is 1.03 bits per heavy atom. The number of piperidine rings is 1. The van der Waals surface area contributed by atoms with Crippen molar-refractivity contribution in [2.45, 2.75) is 46.1 Å². The highest BCUT2D eigenvalue weighted by molar-refractivity contribution is 6.19. The van der Waals surface area contributed by atoms with Gasteiger partial charge in [-0.1, -0.05) is 50.3 Å². The lowest BCUT2D eigenvalue weighted by molar-refractivity contribution is -0.904. The predicted octanol–water partition coefficient (Wildman–Crippen LogP) is -0.731. The Morgan fingerprint density at radius 2 is 1.65 bits per heavy atom. The molecule has 2 saturated heterocycles. The normalized spacial score (nSPS) is 22.6. The largest absolute Gasteiger partial charge is 1.00 e. The summed E-state index contributed by atoms with van der Waals surface area (Å²) in [4.78, 5) is 44.5. The van der Waals surface area contributed by atoms with Crippen LogP contribution in [0.5, 0.6) is 0 Å². The van der Waals surface area contributed by atoms with Crippen molar-refractivity contribution in [3.8, 4) is 0 Å². The number of hydrogen-bond acceptors (Lipinski definition) is 3. The highest BCUT2D eigenvalue weighted by Crippen LogP contribution is 2.40. The summed E-state index contributed by atoms with van der Waals surface area (Å²) in [7, 11) is 0. The quantitative estimate of drug-likeness (QED) is 0.385. The molecular formula is C24H34BrN3O3. The maximum absolute atomic E-state index is 13.6. The lowest BCUT2D eigenvalue weighted by Crippen LogP contribution is -3.13. The summed E-state index contributed by atoms with van der Waals surface area (Å²) in [5, 5.41) is 0. The van der Waals surface area contributed by atoms with Crippen LogP contribution in [0.3, 0.4) is 0 Å². The number of barbiturate groups is 1. The molecule has 1 aromatic carbocycles. The van der Waals surface area contributed by atoms with Gasteiger partial charge in [0.1, 0.15) is 5.41 Å². The van der Waals surface area contributed by atoms with Crippen LogP contribution in [0.2, 0.25) is 0 Å². The molecule has 7 heteroatoms. The minimum atomic E-state index is -1.28. The van der Waals surface area contributed by atoms with Gasteiger partial charge in [-0.25, -0.2) is 4.79 Å². The third-order valence-electron chi connectivity index (χ3n) is 6.60. The van der Waals surface area contributed by atoms with E-state index in [0.717, 1.165) is 25.2 Å². The van der Waals surface area contributed by atoms with E-state index in [9.17, 15) is 14.4 Å². The van der Waals surface area contributed by atoms with Crippen molar-refractivity contribution >= 4 is 17.8 Å². The van der Waals surface area contributed by atoms with Gasteiger partial charge in [-0.05, 0) is 37.2 Å². The Morgan fingerprint density at radius 3 is 2.23 bits per heavy atom. The summed E-state index contributed by atoms with van der Waals surface area (Å²) < 4.78 is 0. The molecule has 2 aliphatic rings. The SMILES string of the molecule is C=CCC1(C(C)C)C(=O)N(CC[NH+]2CCCCC2)C(=O)N(Cc2ccccc2)C1=O.[Br-]. The van der Waals surface area contributed by atoms with Crippen molar-refractivity contribution < 1.29 is 36.3 Å². The van der Waals surface area contributed by atoms with Gasteiger partial charge >= 0.3 is 6.03 Å². The van der Waals surface area contributed by atoms with Crippen LogP contribution in [-0.2, 0) is 16.1 Å². The van der Waals surface area contributed by atoms with E-state index in [1.165, 1.54) is 34.0 Å². The van der Waals surface area contributed by atoms with Crippen LogP contribution in [0.15, 0.2) is 43.0 Å². The summed E-state index contributed by atoms with van der Waals surface area (Å²) >= 11 is 0. The van der Waals surface area contributed by atoms with E-state index >= 15 is 0 Å². The minimum absolute atomic E-state index is 0. The number of likely N-dealkylation sites (tertiary alicyclic amines) is 1. The molecule has 1 unspecified atom stereocenters. The number of allylic oxidation sites excluding steroid dienone is 1. The number of urea groups is 1. The van der Waals surface area contributed by atoms with Gasteiger partial charge in [-0.3, -0.25) is 19.4 Å². The Labute approximate surface area is 196 Å². The number of halogens is 1. The summed E-state index contributed by atoms with van der Waals surface area (Å²) in [6.07, 6.45) is 5.47. The van der Waals surface area contributed by atoms with E-state index in [1.807, 2.05) is 44.2 Å². The van der Waals surface area contributed by atoms with Crippen molar-refractivity contribution in [1.82, 2.24) is 9.80 Å². The first kappa shape index (κ1) is 25.3.